The Morgan fingerprint density at radius 3 is 2.29 bits per heavy atom. The van der Waals surface area contributed by atoms with Crippen molar-refractivity contribution in [1.82, 2.24) is 15.1 Å². The molecular formula is C19H31N3O2. The van der Waals surface area contributed by atoms with Crippen molar-refractivity contribution in [3.63, 3.8) is 0 Å². The van der Waals surface area contributed by atoms with Crippen LogP contribution in [0.25, 0.3) is 0 Å². The topological polar surface area (TPSA) is 44.8 Å². The largest absolute Gasteiger partial charge is 0.383 e. The van der Waals surface area contributed by atoms with Crippen LogP contribution in [0.2, 0.25) is 0 Å². The van der Waals surface area contributed by atoms with Crippen LogP contribution in [0, 0.1) is 0 Å². The molecule has 2 rings (SSSR count). The summed E-state index contributed by atoms with van der Waals surface area (Å²) in [7, 11) is 1.71. The number of nitrogens with one attached hydrogen (secondary N) is 1. The maximum absolute atomic E-state index is 12.6. The highest BCUT2D eigenvalue weighted by atomic mass is 16.5. The Bertz CT molecular complexity index is 508. The van der Waals surface area contributed by atoms with Crippen LogP contribution in [0.3, 0.4) is 0 Å². The van der Waals surface area contributed by atoms with Crippen molar-refractivity contribution in [1.29, 1.82) is 0 Å². The quantitative estimate of drug-likeness (QED) is 0.829. The lowest BCUT2D eigenvalue weighted by Crippen LogP contribution is -2.50. The first-order chi connectivity index (χ1) is 11.5. The van der Waals surface area contributed by atoms with Gasteiger partial charge in [0, 0.05) is 57.5 Å². The van der Waals surface area contributed by atoms with E-state index in [1.54, 1.807) is 7.11 Å². The normalized spacial score (nSPS) is 17.3. The summed E-state index contributed by atoms with van der Waals surface area (Å²) in [4.78, 5) is 17.0. The molecule has 1 aliphatic rings. The summed E-state index contributed by atoms with van der Waals surface area (Å²) in [6.07, 6.45) is 0. The molecule has 0 aliphatic carbocycles. The molecule has 0 saturated carbocycles. The van der Waals surface area contributed by atoms with E-state index in [2.05, 4.69) is 31.0 Å². The number of hydrogen-bond acceptors (Lipinski definition) is 4. The molecule has 0 spiro atoms. The molecule has 1 atom stereocenters. The molecule has 0 bridgehead atoms. The minimum atomic E-state index is 0.144. The Hall–Kier alpha value is -1.43. The highest BCUT2D eigenvalue weighted by Crippen LogP contribution is 2.12. The van der Waals surface area contributed by atoms with E-state index in [0.29, 0.717) is 18.7 Å². The van der Waals surface area contributed by atoms with Crippen molar-refractivity contribution >= 4 is 5.91 Å². The van der Waals surface area contributed by atoms with Gasteiger partial charge in [-0.1, -0.05) is 12.1 Å². The fraction of sp³-hybridized carbons (Fsp3) is 0.632. The molecule has 1 heterocycles. The van der Waals surface area contributed by atoms with Gasteiger partial charge in [-0.05, 0) is 38.5 Å². The Balaban J connectivity index is 1.85. The second kappa shape index (κ2) is 9.16. The molecule has 0 radical (unpaired) electrons. The summed E-state index contributed by atoms with van der Waals surface area (Å²) in [6.45, 7) is 11.5. The molecule has 1 aliphatic heterocycles. The molecule has 1 aromatic carbocycles. The number of hydrogen-bond donors (Lipinski definition) is 1. The number of benzene rings is 1. The van der Waals surface area contributed by atoms with Crippen LogP contribution in [0.1, 0.15) is 36.7 Å². The molecule has 24 heavy (non-hydrogen) atoms. The number of nitrogens with zero attached hydrogens (tertiary/aromatic N) is 2. The van der Waals surface area contributed by atoms with Crippen LogP contribution < -0.4 is 5.32 Å². The number of ether oxygens (including phenoxy) is 1. The van der Waals surface area contributed by atoms with Crippen molar-refractivity contribution in [2.24, 2.45) is 0 Å². The average molecular weight is 333 g/mol. The van der Waals surface area contributed by atoms with Gasteiger partial charge >= 0.3 is 0 Å². The van der Waals surface area contributed by atoms with Crippen molar-refractivity contribution in [2.45, 2.75) is 39.4 Å². The first-order valence-electron chi connectivity index (χ1n) is 8.86. The Labute approximate surface area is 146 Å². The lowest BCUT2D eigenvalue weighted by Gasteiger charge is -2.37. The minimum Gasteiger partial charge on any atom is -0.383 e. The zero-order valence-electron chi connectivity index (χ0n) is 15.4. The molecule has 1 unspecified atom stereocenters. The molecular weight excluding hydrogens is 302 g/mol. The minimum absolute atomic E-state index is 0.144. The molecule has 5 heteroatoms. The standard InChI is InChI=1S/C19H31N3O2/c1-15(2)21-9-11-22(12-10-21)19(23)18-7-5-17(6-8-18)13-20-16(3)14-24-4/h5-8,15-16,20H,9-14H2,1-4H3. The van der Waals surface area contributed by atoms with Gasteiger partial charge in [-0.25, -0.2) is 0 Å². The third kappa shape index (κ3) is 5.30. The zero-order chi connectivity index (χ0) is 17.5. The van der Waals surface area contributed by atoms with Crippen LogP contribution in [0.5, 0.6) is 0 Å². The maximum Gasteiger partial charge on any atom is 0.253 e. The van der Waals surface area contributed by atoms with Gasteiger partial charge in [0.1, 0.15) is 0 Å². The first kappa shape index (κ1) is 18.9. The van der Waals surface area contributed by atoms with Crippen LogP contribution in [-0.2, 0) is 11.3 Å². The highest BCUT2D eigenvalue weighted by Gasteiger charge is 2.23. The lowest BCUT2D eigenvalue weighted by molar-refractivity contribution is 0.0595. The van der Waals surface area contributed by atoms with Crippen molar-refractivity contribution in [2.75, 3.05) is 39.9 Å². The summed E-state index contributed by atoms with van der Waals surface area (Å²) in [5, 5.41) is 3.40. The lowest BCUT2D eigenvalue weighted by atomic mass is 10.1. The van der Waals surface area contributed by atoms with E-state index in [9.17, 15) is 4.79 Å². The van der Waals surface area contributed by atoms with Crippen LogP contribution in [0.15, 0.2) is 24.3 Å². The predicted molar refractivity (Wildman–Crippen MR) is 97.2 cm³/mol. The molecule has 1 amide bonds. The molecule has 1 fully saturated rings. The van der Waals surface area contributed by atoms with E-state index >= 15 is 0 Å². The number of rotatable bonds is 7. The Morgan fingerprint density at radius 1 is 1.12 bits per heavy atom. The van der Waals surface area contributed by atoms with E-state index in [0.717, 1.165) is 38.3 Å². The average Bonchev–Trinajstić information content (AvgIpc) is 2.60. The number of amides is 1. The van der Waals surface area contributed by atoms with E-state index in [1.165, 1.54) is 5.56 Å². The van der Waals surface area contributed by atoms with Crippen molar-refractivity contribution in [3.8, 4) is 0 Å². The van der Waals surface area contributed by atoms with Gasteiger partial charge in [0.15, 0.2) is 0 Å². The smallest absolute Gasteiger partial charge is 0.253 e. The van der Waals surface area contributed by atoms with Crippen molar-refractivity contribution < 1.29 is 9.53 Å². The van der Waals surface area contributed by atoms with Gasteiger partial charge in [0.2, 0.25) is 0 Å². The van der Waals surface area contributed by atoms with Gasteiger partial charge in [-0.2, -0.15) is 0 Å². The SMILES string of the molecule is COCC(C)NCc1ccc(C(=O)N2CCN(C(C)C)CC2)cc1. The van der Waals surface area contributed by atoms with E-state index in [-0.39, 0.29) is 5.91 Å². The van der Waals surface area contributed by atoms with Gasteiger partial charge < -0.3 is 15.0 Å². The van der Waals surface area contributed by atoms with Gasteiger partial charge in [0.25, 0.3) is 5.91 Å². The molecule has 0 aromatic heterocycles. The van der Waals surface area contributed by atoms with Gasteiger partial charge in [-0.3, -0.25) is 9.69 Å². The number of methoxy groups -OCH3 is 1. The summed E-state index contributed by atoms with van der Waals surface area (Å²) in [6, 6.07) is 8.81. The summed E-state index contributed by atoms with van der Waals surface area (Å²) in [5.74, 6) is 0.144. The van der Waals surface area contributed by atoms with Crippen LogP contribution >= 0.6 is 0 Å². The molecule has 134 valence electrons. The summed E-state index contributed by atoms with van der Waals surface area (Å²) in [5.41, 5.74) is 1.96. The highest BCUT2D eigenvalue weighted by molar-refractivity contribution is 5.94. The van der Waals surface area contributed by atoms with E-state index in [1.807, 2.05) is 29.2 Å². The predicted octanol–water partition coefficient (Wildman–Crippen LogP) is 1.98. The van der Waals surface area contributed by atoms with E-state index < -0.39 is 0 Å². The summed E-state index contributed by atoms with van der Waals surface area (Å²) < 4.78 is 5.12. The third-order valence-electron chi connectivity index (χ3n) is 4.60. The Morgan fingerprint density at radius 2 is 1.75 bits per heavy atom. The first-order valence-corrected chi connectivity index (χ1v) is 8.86. The van der Waals surface area contributed by atoms with Crippen LogP contribution in [0.4, 0.5) is 0 Å². The molecule has 1 N–H and O–H groups in total. The monoisotopic (exact) mass is 333 g/mol. The van der Waals surface area contributed by atoms with Crippen LogP contribution in [-0.4, -0.2) is 67.7 Å². The molecule has 5 nitrogen and oxygen atoms in total. The Kier molecular flexibility index (Phi) is 7.21. The fourth-order valence-electron chi connectivity index (χ4n) is 2.99. The molecule has 1 aromatic rings. The maximum atomic E-state index is 12.6. The fourth-order valence-corrected chi connectivity index (χ4v) is 2.99. The second-order valence-corrected chi connectivity index (χ2v) is 6.86. The number of carbonyl (C=O) groups excluding carboxylic acids is 1. The van der Waals surface area contributed by atoms with Crippen molar-refractivity contribution in [3.05, 3.63) is 35.4 Å². The van der Waals surface area contributed by atoms with Gasteiger partial charge in [0.05, 0.1) is 6.61 Å². The molecule has 1 saturated heterocycles. The third-order valence-corrected chi connectivity index (χ3v) is 4.60. The van der Waals surface area contributed by atoms with E-state index in [4.69, 9.17) is 4.74 Å². The number of piperazine rings is 1. The second-order valence-electron chi connectivity index (χ2n) is 6.86. The number of carbonyl (C=O) groups is 1. The summed E-state index contributed by atoms with van der Waals surface area (Å²) >= 11 is 0. The zero-order valence-corrected chi connectivity index (χ0v) is 15.4. The van der Waals surface area contributed by atoms with Gasteiger partial charge in [-0.15, -0.1) is 0 Å².